The molecule has 1 fully saturated rings. The Morgan fingerprint density at radius 1 is 1.05 bits per heavy atom. The number of methoxy groups -OCH3 is 1. The topological polar surface area (TPSA) is 214 Å². The van der Waals surface area contributed by atoms with Gasteiger partial charge in [0.1, 0.15) is 22.8 Å². The molecule has 4 atom stereocenters. The zero-order valence-electron chi connectivity index (χ0n) is 23.5. The van der Waals surface area contributed by atoms with E-state index in [9.17, 15) is 44.4 Å². The van der Waals surface area contributed by atoms with Crippen LogP contribution in [-0.2, 0) is 35.1 Å². The Balaban J connectivity index is 1.62. The molecule has 1 saturated carbocycles. The summed E-state index contributed by atoms with van der Waals surface area (Å²) >= 11 is 0. The zero-order chi connectivity index (χ0) is 31.5. The van der Waals surface area contributed by atoms with Crippen LogP contribution in [0.3, 0.4) is 0 Å². The van der Waals surface area contributed by atoms with Crippen molar-refractivity contribution < 1.29 is 49.1 Å². The van der Waals surface area contributed by atoms with Gasteiger partial charge in [0.25, 0.3) is 5.91 Å². The molecule has 12 nitrogen and oxygen atoms in total. The van der Waals surface area contributed by atoms with Crippen molar-refractivity contribution in [3.8, 4) is 16.9 Å². The smallest absolute Gasteiger partial charge is 0.396 e. The third-order valence-electron chi connectivity index (χ3n) is 8.68. The summed E-state index contributed by atoms with van der Waals surface area (Å²) in [5.74, 6) is -10.4. The molecule has 12 heteroatoms. The molecule has 5 rings (SSSR count). The number of aliphatic hydroxyl groups is 3. The molecule has 7 N–H and O–H groups in total. The second-order valence-corrected chi connectivity index (χ2v) is 11.3. The summed E-state index contributed by atoms with van der Waals surface area (Å²) in [5.41, 5.74) is 3.62. The lowest BCUT2D eigenvalue weighted by molar-refractivity contribution is -0.155. The standard InChI is InChI=1S/C31H30N2O10/c1-12(2)20-18-11-14-10-17-16(13-4-6-15(7-5-13)33-29(40)30(41)43-3)8-9-19(34)22(17)25(36)21(14)26(37)31(18,42)27(38)23(24(20)35)28(32)39/h4-9,12,14,18,20,34,36,38,42H,10-11H2,1-3H3,(H2,32,39)(H,33,40)/t14-,18-,20-,31-/m0/s1. The summed E-state index contributed by atoms with van der Waals surface area (Å²) < 4.78 is 4.40. The molecule has 2 aromatic carbocycles. The minimum absolute atomic E-state index is 0.000639. The van der Waals surface area contributed by atoms with Crippen LogP contribution in [-0.4, -0.2) is 62.5 Å². The van der Waals surface area contributed by atoms with Crippen LogP contribution in [0.25, 0.3) is 16.9 Å². The molecule has 0 bridgehead atoms. The minimum Gasteiger partial charge on any atom is -0.508 e. The van der Waals surface area contributed by atoms with Gasteiger partial charge in [-0.1, -0.05) is 32.0 Å². The molecule has 0 saturated heterocycles. The van der Waals surface area contributed by atoms with Crippen LogP contribution in [0, 0.1) is 23.7 Å². The quantitative estimate of drug-likeness (QED) is 0.173. The molecule has 2 aromatic rings. The van der Waals surface area contributed by atoms with E-state index in [-0.39, 0.29) is 29.7 Å². The number of carbonyl (C=O) groups is 5. The summed E-state index contributed by atoms with van der Waals surface area (Å²) in [5, 5.41) is 47.3. The molecule has 0 heterocycles. The van der Waals surface area contributed by atoms with E-state index in [0.717, 1.165) is 7.11 Å². The third-order valence-corrected chi connectivity index (χ3v) is 8.68. The maximum atomic E-state index is 14.0. The van der Waals surface area contributed by atoms with Crippen molar-refractivity contribution in [3.05, 3.63) is 64.4 Å². The number of anilines is 1. The Morgan fingerprint density at radius 3 is 2.28 bits per heavy atom. The average molecular weight is 591 g/mol. The van der Waals surface area contributed by atoms with Crippen molar-refractivity contribution in [2.75, 3.05) is 12.4 Å². The number of rotatable bonds is 4. The largest absolute Gasteiger partial charge is 0.508 e. The van der Waals surface area contributed by atoms with E-state index in [0.29, 0.717) is 22.4 Å². The first-order chi connectivity index (χ1) is 20.2. The average Bonchev–Trinajstić information content (AvgIpc) is 2.94. The maximum Gasteiger partial charge on any atom is 0.396 e. The number of esters is 1. The number of aliphatic hydroxyl groups excluding tert-OH is 2. The number of nitrogens with one attached hydrogen (secondary N) is 1. The number of aromatic hydroxyl groups is 1. The van der Waals surface area contributed by atoms with Gasteiger partial charge in [0.15, 0.2) is 11.4 Å². The lowest BCUT2D eigenvalue weighted by Gasteiger charge is -2.50. The van der Waals surface area contributed by atoms with Crippen molar-refractivity contribution in [1.29, 1.82) is 0 Å². The number of fused-ring (bicyclic) bond motifs is 3. The highest BCUT2D eigenvalue weighted by Gasteiger charge is 2.64. The molecular formula is C31H30N2O10. The van der Waals surface area contributed by atoms with E-state index in [1.54, 1.807) is 44.2 Å². The lowest BCUT2D eigenvalue weighted by atomic mass is 9.54. The molecule has 3 aliphatic carbocycles. The van der Waals surface area contributed by atoms with Crippen LogP contribution in [0.5, 0.6) is 5.75 Å². The molecule has 0 radical (unpaired) electrons. The summed E-state index contributed by atoms with van der Waals surface area (Å²) in [4.78, 5) is 62.7. The van der Waals surface area contributed by atoms with Crippen LogP contribution in [0.15, 0.2) is 53.3 Å². The van der Waals surface area contributed by atoms with Crippen LogP contribution < -0.4 is 11.1 Å². The Bertz CT molecular complexity index is 1670. The van der Waals surface area contributed by atoms with E-state index in [4.69, 9.17) is 5.73 Å². The number of ether oxygens (including phenoxy) is 1. The fraction of sp³-hybridized carbons (Fsp3) is 0.323. The molecular weight excluding hydrogens is 560 g/mol. The molecule has 2 amide bonds. The fourth-order valence-corrected chi connectivity index (χ4v) is 6.76. The van der Waals surface area contributed by atoms with Crippen LogP contribution in [0.2, 0.25) is 0 Å². The van der Waals surface area contributed by atoms with Gasteiger partial charge in [-0.15, -0.1) is 0 Å². The molecule has 0 unspecified atom stereocenters. The third kappa shape index (κ3) is 4.36. The maximum absolute atomic E-state index is 14.0. The van der Waals surface area contributed by atoms with Crippen LogP contribution in [0.1, 0.15) is 31.4 Å². The van der Waals surface area contributed by atoms with Gasteiger partial charge in [0.05, 0.1) is 12.7 Å². The predicted octanol–water partition coefficient (Wildman–Crippen LogP) is 2.08. The number of carbonyl (C=O) groups excluding carboxylic acids is 5. The Labute approximate surface area is 245 Å². The number of ketones is 2. The highest BCUT2D eigenvalue weighted by atomic mass is 16.5. The Kier molecular flexibility index (Phi) is 7.13. The zero-order valence-corrected chi connectivity index (χ0v) is 23.5. The van der Waals surface area contributed by atoms with E-state index in [1.807, 2.05) is 0 Å². The molecule has 0 spiro atoms. The summed E-state index contributed by atoms with van der Waals surface area (Å²) in [6.45, 7) is 3.39. The van der Waals surface area contributed by atoms with Gasteiger partial charge in [-0.2, -0.15) is 0 Å². The van der Waals surface area contributed by atoms with E-state index in [2.05, 4.69) is 10.1 Å². The number of benzene rings is 2. The van der Waals surface area contributed by atoms with E-state index < -0.39 is 75.7 Å². The SMILES string of the molecule is COC(=O)C(=O)Nc1ccc(-c2ccc(O)c3c2C[C@H]2C[C@H]4[C@H](C(C)C)C(=O)C(C(N)=O)=C(O)[C@@]4(O)C(=O)C2=C3O)cc1. The van der Waals surface area contributed by atoms with Crippen molar-refractivity contribution >= 4 is 40.8 Å². The summed E-state index contributed by atoms with van der Waals surface area (Å²) in [6.07, 6.45) is 0.128. The van der Waals surface area contributed by atoms with Crippen molar-refractivity contribution in [1.82, 2.24) is 0 Å². The van der Waals surface area contributed by atoms with Crippen LogP contribution in [0.4, 0.5) is 5.69 Å². The Morgan fingerprint density at radius 2 is 1.70 bits per heavy atom. The number of primary amides is 1. The van der Waals surface area contributed by atoms with Gasteiger partial charge in [-0.3, -0.25) is 19.2 Å². The van der Waals surface area contributed by atoms with Gasteiger partial charge in [-0.25, -0.2) is 4.79 Å². The summed E-state index contributed by atoms with van der Waals surface area (Å²) in [7, 11) is 1.08. The normalized spacial score (nSPS) is 24.7. The van der Waals surface area contributed by atoms with E-state index in [1.165, 1.54) is 6.07 Å². The lowest BCUT2D eigenvalue weighted by Crippen LogP contribution is -2.62. The highest BCUT2D eigenvalue weighted by Crippen LogP contribution is 2.55. The second kappa shape index (κ2) is 10.4. The summed E-state index contributed by atoms with van der Waals surface area (Å²) in [6, 6.07) is 9.38. The second-order valence-electron chi connectivity index (χ2n) is 11.3. The van der Waals surface area contributed by atoms with E-state index >= 15 is 0 Å². The van der Waals surface area contributed by atoms with Gasteiger partial charge in [0, 0.05) is 23.1 Å². The number of nitrogens with two attached hydrogens (primary N) is 1. The molecule has 0 aliphatic heterocycles. The number of Topliss-reactive ketones (excluding diaryl/α,β-unsaturated/α-hetero) is 2. The molecule has 224 valence electrons. The van der Waals surface area contributed by atoms with Crippen molar-refractivity contribution in [3.63, 3.8) is 0 Å². The monoisotopic (exact) mass is 590 g/mol. The van der Waals surface area contributed by atoms with Gasteiger partial charge in [0.2, 0.25) is 5.78 Å². The van der Waals surface area contributed by atoms with Crippen molar-refractivity contribution in [2.45, 2.75) is 32.3 Å². The number of amides is 2. The Hall–Kier alpha value is -4.97. The number of hydrogen-bond acceptors (Lipinski definition) is 10. The highest BCUT2D eigenvalue weighted by molar-refractivity contribution is 6.37. The van der Waals surface area contributed by atoms with Gasteiger partial charge >= 0.3 is 11.9 Å². The molecule has 43 heavy (non-hydrogen) atoms. The number of phenols is 1. The first-order valence-corrected chi connectivity index (χ1v) is 13.6. The van der Waals surface area contributed by atoms with Crippen LogP contribution >= 0.6 is 0 Å². The first kappa shape index (κ1) is 29.5. The number of phenolic OH excluding ortho intramolecular Hbond substituents is 1. The fourth-order valence-electron chi connectivity index (χ4n) is 6.76. The van der Waals surface area contributed by atoms with Gasteiger partial charge in [-0.05, 0) is 59.6 Å². The van der Waals surface area contributed by atoms with Crippen molar-refractivity contribution in [2.24, 2.45) is 29.4 Å². The predicted molar refractivity (Wildman–Crippen MR) is 151 cm³/mol. The molecule has 0 aromatic heterocycles. The minimum atomic E-state index is -2.68. The number of hydrogen-bond donors (Lipinski definition) is 6. The molecule has 3 aliphatic rings. The first-order valence-electron chi connectivity index (χ1n) is 13.6. The van der Waals surface area contributed by atoms with Gasteiger partial charge < -0.3 is 36.2 Å².